The van der Waals surface area contributed by atoms with Crippen LogP contribution in [0.1, 0.15) is 5.56 Å². The Morgan fingerprint density at radius 3 is 2.32 bits per heavy atom. The van der Waals surface area contributed by atoms with Gasteiger partial charge in [-0.1, -0.05) is 41.4 Å². The molecular formula is C21H19Cl2N3O4S. The number of pyridine rings is 1. The monoisotopic (exact) mass is 479 g/mol. The average molecular weight is 480 g/mol. The molecule has 0 aliphatic carbocycles. The average Bonchev–Trinajstić information content (AvgIpc) is 2.77. The summed E-state index contributed by atoms with van der Waals surface area (Å²) in [7, 11) is -2.47. The van der Waals surface area contributed by atoms with Gasteiger partial charge in [-0.25, -0.2) is 8.42 Å². The van der Waals surface area contributed by atoms with E-state index < -0.39 is 22.5 Å². The van der Waals surface area contributed by atoms with Crippen molar-refractivity contribution in [2.75, 3.05) is 19.0 Å². The van der Waals surface area contributed by atoms with Crippen LogP contribution in [-0.4, -0.2) is 37.3 Å². The predicted molar refractivity (Wildman–Crippen MR) is 120 cm³/mol. The number of para-hydroxylation sites is 1. The fourth-order valence-electron chi connectivity index (χ4n) is 2.77. The summed E-state index contributed by atoms with van der Waals surface area (Å²) in [5.41, 5.74) is 0.899. The fraction of sp³-hybridized carbons (Fsp3) is 0.143. The number of aromatic nitrogens is 1. The van der Waals surface area contributed by atoms with E-state index in [0.717, 1.165) is 4.31 Å². The van der Waals surface area contributed by atoms with E-state index in [0.29, 0.717) is 11.3 Å². The van der Waals surface area contributed by atoms with Gasteiger partial charge in [-0.2, -0.15) is 4.31 Å². The lowest BCUT2D eigenvalue weighted by Gasteiger charge is -2.22. The van der Waals surface area contributed by atoms with E-state index in [-0.39, 0.29) is 27.2 Å². The van der Waals surface area contributed by atoms with Crippen molar-refractivity contribution in [3.05, 3.63) is 82.6 Å². The quantitative estimate of drug-likeness (QED) is 0.522. The third-order valence-corrected chi connectivity index (χ3v) is 6.74. The molecule has 1 heterocycles. The first-order chi connectivity index (χ1) is 14.8. The minimum atomic E-state index is -4.01. The van der Waals surface area contributed by atoms with Crippen LogP contribution >= 0.6 is 23.2 Å². The number of anilines is 1. The first-order valence-electron chi connectivity index (χ1n) is 9.08. The molecule has 0 saturated carbocycles. The third-order valence-electron chi connectivity index (χ3n) is 4.34. The summed E-state index contributed by atoms with van der Waals surface area (Å²) >= 11 is 12.2. The third kappa shape index (κ3) is 5.74. The second kappa shape index (κ2) is 10.1. The minimum Gasteiger partial charge on any atom is -0.497 e. The van der Waals surface area contributed by atoms with Gasteiger partial charge in [0.2, 0.25) is 15.9 Å². The van der Waals surface area contributed by atoms with E-state index in [1.54, 1.807) is 49.6 Å². The first-order valence-corrected chi connectivity index (χ1v) is 11.3. The predicted octanol–water partition coefficient (Wildman–Crippen LogP) is 4.23. The second-order valence-corrected chi connectivity index (χ2v) is 9.21. The molecule has 0 atom stereocenters. The number of carbonyl (C=O) groups is 1. The summed E-state index contributed by atoms with van der Waals surface area (Å²) in [6.45, 7) is -0.490. The Bertz CT molecular complexity index is 1140. The van der Waals surface area contributed by atoms with Crippen LogP contribution in [0.3, 0.4) is 0 Å². The van der Waals surface area contributed by atoms with E-state index in [1.807, 2.05) is 0 Å². The van der Waals surface area contributed by atoms with Crippen LogP contribution in [0.25, 0.3) is 0 Å². The van der Waals surface area contributed by atoms with Crippen LogP contribution < -0.4 is 10.1 Å². The number of methoxy groups -OCH3 is 1. The maximum Gasteiger partial charge on any atom is 0.245 e. The molecular weight excluding hydrogens is 461 g/mol. The molecule has 162 valence electrons. The van der Waals surface area contributed by atoms with Gasteiger partial charge in [-0.15, -0.1) is 0 Å². The summed E-state index contributed by atoms with van der Waals surface area (Å²) in [6, 6.07) is 14.6. The standard InChI is InChI=1S/C21H19Cl2N3O4S/c1-30-16-9-7-15(8-10-16)13-26(31(28,29)17-4-3-11-24-12-17)14-20(27)25-21-18(22)5-2-6-19(21)23/h2-12H,13-14H2,1H3,(H,25,27). The Labute approximate surface area is 190 Å². The van der Waals surface area contributed by atoms with E-state index in [1.165, 1.54) is 24.5 Å². The van der Waals surface area contributed by atoms with Crippen LogP contribution in [0, 0.1) is 0 Å². The molecule has 0 radical (unpaired) electrons. The molecule has 31 heavy (non-hydrogen) atoms. The molecule has 10 heteroatoms. The number of hydrogen-bond acceptors (Lipinski definition) is 5. The maximum absolute atomic E-state index is 13.2. The summed E-state index contributed by atoms with van der Waals surface area (Å²) in [5, 5.41) is 3.09. The Balaban J connectivity index is 1.88. The van der Waals surface area contributed by atoms with E-state index in [9.17, 15) is 13.2 Å². The number of ether oxygens (including phenoxy) is 1. The number of nitrogens with zero attached hydrogens (tertiary/aromatic N) is 2. The van der Waals surface area contributed by atoms with Crippen molar-refractivity contribution in [1.82, 2.24) is 9.29 Å². The van der Waals surface area contributed by atoms with Crippen molar-refractivity contribution in [2.24, 2.45) is 0 Å². The lowest BCUT2D eigenvalue weighted by Crippen LogP contribution is -2.37. The van der Waals surface area contributed by atoms with Crippen molar-refractivity contribution < 1.29 is 17.9 Å². The largest absolute Gasteiger partial charge is 0.497 e. The van der Waals surface area contributed by atoms with Crippen molar-refractivity contribution >= 4 is 44.8 Å². The number of rotatable bonds is 8. The Hall–Kier alpha value is -2.65. The highest BCUT2D eigenvalue weighted by atomic mass is 35.5. The smallest absolute Gasteiger partial charge is 0.245 e. The SMILES string of the molecule is COc1ccc(CN(CC(=O)Nc2c(Cl)cccc2Cl)S(=O)(=O)c2cccnc2)cc1. The van der Waals surface area contributed by atoms with Gasteiger partial charge in [0.25, 0.3) is 0 Å². The zero-order chi connectivity index (χ0) is 22.4. The number of halogens is 2. The number of benzene rings is 2. The number of carbonyl (C=O) groups excluding carboxylic acids is 1. The highest BCUT2D eigenvalue weighted by Crippen LogP contribution is 2.30. The van der Waals surface area contributed by atoms with Gasteiger partial charge < -0.3 is 10.1 Å². The minimum absolute atomic E-state index is 0.0212. The van der Waals surface area contributed by atoms with E-state index >= 15 is 0 Å². The molecule has 0 bridgehead atoms. The molecule has 0 aliphatic heterocycles. The molecule has 3 aromatic rings. The number of amides is 1. The zero-order valence-electron chi connectivity index (χ0n) is 16.5. The zero-order valence-corrected chi connectivity index (χ0v) is 18.8. The number of sulfonamides is 1. The fourth-order valence-corrected chi connectivity index (χ4v) is 4.61. The van der Waals surface area contributed by atoms with Crippen LogP contribution in [0.2, 0.25) is 10.0 Å². The van der Waals surface area contributed by atoms with Gasteiger partial charge in [-0.3, -0.25) is 9.78 Å². The summed E-state index contributed by atoms with van der Waals surface area (Å²) in [4.78, 5) is 16.6. The van der Waals surface area contributed by atoms with Crippen molar-refractivity contribution in [2.45, 2.75) is 11.4 Å². The molecule has 7 nitrogen and oxygen atoms in total. The number of nitrogens with one attached hydrogen (secondary N) is 1. The van der Waals surface area contributed by atoms with Crippen LogP contribution in [0.15, 0.2) is 71.9 Å². The van der Waals surface area contributed by atoms with Gasteiger partial charge in [-0.05, 0) is 42.0 Å². The maximum atomic E-state index is 13.2. The van der Waals surface area contributed by atoms with Gasteiger partial charge >= 0.3 is 0 Å². The van der Waals surface area contributed by atoms with Crippen LogP contribution in [-0.2, 0) is 21.4 Å². The summed E-state index contributed by atoms with van der Waals surface area (Å²) in [6.07, 6.45) is 2.71. The summed E-state index contributed by atoms with van der Waals surface area (Å²) < 4.78 is 32.6. The van der Waals surface area contributed by atoms with E-state index in [4.69, 9.17) is 27.9 Å². The Morgan fingerprint density at radius 2 is 1.74 bits per heavy atom. The molecule has 0 fully saturated rings. The normalized spacial score (nSPS) is 11.4. The van der Waals surface area contributed by atoms with Gasteiger partial charge in [0.05, 0.1) is 29.4 Å². The van der Waals surface area contributed by atoms with Crippen LogP contribution in [0.5, 0.6) is 5.75 Å². The van der Waals surface area contributed by atoms with Crippen molar-refractivity contribution in [3.63, 3.8) is 0 Å². The van der Waals surface area contributed by atoms with Crippen molar-refractivity contribution in [3.8, 4) is 5.75 Å². The highest BCUT2D eigenvalue weighted by Gasteiger charge is 2.27. The first kappa shape index (κ1) is 23.0. The van der Waals surface area contributed by atoms with Crippen molar-refractivity contribution in [1.29, 1.82) is 0 Å². The van der Waals surface area contributed by atoms with E-state index in [2.05, 4.69) is 10.3 Å². The second-order valence-electron chi connectivity index (χ2n) is 6.45. The van der Waals surface area contributed by atoms with Gasteiger partial charge in [0, 0.05) is 18.9 Å². The topological polar surface area (TPSA) is 88.6 Å². The Morgan fingerprint density at radius 1 is 1.06 bits per heavy atom. The molecule has 2 aromatic carbocycles. The van der Waals surface area contributed by atoms with Gasteiger partial charge in [0.1, 0.15) is 10.6 Å². The molecule has 0 saturated heterocycles. The lowest BCUT2D eigenvalue weighted by atomic mass is 10.2. The van der Waals surface area contributed by atoms with Gasteiger partial charge in [0.15, 0.2) is 0 Å². The highest BCUT2D eigenvalue weighted by molar-refractivity contribution is 7.89. The lowest BCUT2D eigenvalue weighted by molar-refractivity contribution is -0.116. The number of hydrogen-bond donors (Lipinski definition) is 1. The summed E-state index contributed by atoms with van der Waals surface area (Å²) in [5.74, 6) is 0.0486. The molecule has 0 unspecified atom stereocenters. The molecule has 1 aromatic heterocycles. The molecule has 0 spiro atoms. The molecule has 1 N–H and O–H groups in total. The Kier molecular flexibility index (Phi) is 7.50. The van der Waals surface area contributed by atoms with Crippen LogP contribution in [0.4, 0.5) is 5.69 Å². The molecule has 0 aliphatic rings. The molecule has 1 amide bonds. The molecule has 3 rings (SSSR count).